The van der Waals surface area contributed by atoms with E-state index in [1.165, 1.54) is 0 Å². The molecule has 3 heteroatoms. The second kappa shape index (κ2) is 2.87. The van der Waals surface area contributed by atoms with E-state index in [9.17, 15) is 0 Å². The Hall–Kier alpha value is -1.51. The number of pyridine rings is 1. The minimum absolute atomic E-state index is 0.139. The molecule has 1 rings (SSSR count). The summed E-state index contributed by atoms with van der Waals surface area (Å²) in [6, 6.07) is 5.27. The number of aromatic nitrogens is 1. The highest BCUT2D eigenvalue weighted by molar-refractivity contribution is 6.35. The van der Waals surface area contributed by atoms with Crippen molar-refractivity contribution in [2.45, 2.75) is 0 Å². The van der Waals surface area contributed by atoms with Gasteiger partial charge in [0.1, 0.15) is 0 Å². The third kappa shape index (κ3) is 1.25. The molecule has 2 N–H and O–H groups in total. The molecular formula is C7H7N3. The molecular weight excluding hydrogens is 126 g/mol. The quantitative estimate of drug-likeness (QED) is 0.583. The van der Waals surface area contributed by atoms with Crippen molar-refractivity contribution in [2.24, 2.45) is 0 Å². The van der Waals surface area contributed by atoms with Crippen LogP contribution in [0.1, 0.15) is 5.69 Å². The highest BCUT2D eigenvalue weighted by atomic mass is 14.7. The van der Waals surface area contributed by atoms with Crippen molar-refractivity contribution < 1.29 is 0 Å². The zero-order chi connectivity index (χ0) is 7.40. The van der Waals surface area contributed by atoms with Gasteiger partial charge < -0.3 is 5.41 Å². The second-order valence-corrected chi connectivity index (χ2v) is 1.77. The molecule has 0 radical (unpaired) electrons. The van der Waals surface area contributed by atoms with Gasteiger partial charge in [-0.3, -0.25) is 10.4 Å². The molecule has 10 heavy (non-hydrogen) atoms. The molecule has 0 aliphatic rings. The molecule has 1 heterocycles. The van der Waals surface area contributed by atoms with Gasteiger partial charge >= 0.3 is 0 Å². The molecule has 1 aromatic heterocycles. The van der Waals surface area contributed by atoms with E-state index in [1.54, 1.807) is 24.4 Å². The zero-order valence-electron chi connectivity index (χ0n) is 5.33. The highest BCUT2D eigenvalue weighted by Gasteiger charge is 1.94. The minimum Gasteiger partial charge on any atom is -0.306 e. The second-order valence-electron chi connectivity index (χ2n) is 1.77. The van der Waals surface area contributed by atoms with Crippen molar-refractivity contribution in [3.8, 4) is 0 Å². The van der Waals surface area contributed by atoms with Gasteiger partial charge in [-0.2, -0.15) is 0 Å². The van der Waals surface area contributed by atoms with Gasteiger partial charge in [0.25, 0.3) is 0 Å². The van der Waals surface area contributed by atoms with Crippen LogP contribution in [0.5, 0.6) is 0 Å². The van der Waals surface area contributed by atoms with Crippen LogP contribution in [0.25, 0.3) is 0 Å². The standard InChI is InChI=1S/C7H7N3/c8-5-6(9)7-3-1-2-4-10-7/h1-5,8-9H. The van der Waals surface area contributed by atoms with Crippen LogP contribution in [0.3, 0.4) is 0 Å². The third-order valence-electron chi connectivity index (χ3n) is 1.09. The highest BCUT2D eigenvalue weighted by Crippen LogP contribution is 1.91. The van der Waals surface area contributed by atoms with E-state index in [4.69, 9.17) is 10.8 Å². The van der Waals surface area contributed by atoms with Crippen LogP contribution in [0, 0.1) is 10.8 Å². The van der Waals surface area contributed by atoms with Crippen LogP contribution in [0.2, 0.25) is 0 Å². The van der Waals surface area contributed by atoms with Gasteiger partial charge in [0.05, 0.1) is 11.4 Å². The molecule has 0 aromatic carbocycles. The van der Waals surface area contributed by atoms with Crippen molar-refractivity contribution in [2.75, 3.05) is 0 Å². The molecule has 3 nitrogen and oxygen atoms in total. The van der Waals surface area contributed by atoms with Gasteiger partial charge in [-0.1, -0.05) is 6.07 Å². The first-order valence-corrected chi connectivity index (χ1v) is 2.85. The van der Waals surface area contributed by atoms with Crippen LogP contribution in [-0.2, 0) is 0 Å². The summed E-state index contributed by atoms with van der Waals surface area (Å²) in [5.74, 6) is 0. The average molecular weight is 133 g/mol. The normalized spacial score (nSPS) is 8.80. The maximum Gasteiger partial charge on any atom is 0.0972 e. The maximum absolute atomic E-state index is 7.17. The lowest BCUT2D eigenvalue weighted by Crippen LogP contribution is -2.00. The van der Waals surface area contributed by atoms with Crippen molar-refractivity contribution >= 4 is 11.9 Å². The van der Waals surface area contributed by atoms with Gasteiger partial charge in [-0.15, -0.1) is 0 Å². The summed E-state index contributed by atoms with van der Waals surface area (Å²) in [6.45, 7) is 0. The van der Waals surface area contributed by atoms with Crippen LogP contribution in [0.4, 0.5) is 0 Å². The monoisotopic (exact) mass is 133 g/mol. The Morgan fingerprint density at radius 2 is 2.30 bits per heavy atom. The van der Waals surface area contributed by atoms with E-state index in [0.717, 1.165) is 6.21 Å². The Morgan fingerprint density at radius 1 is 1.50 bits per heavy atom. The zero-order valence-corrected chi connectivity index (χ0v) is 5.33. The first-order valence-electron chi connectivity index (χ1n) is 2.85. The van der Waals surface area contributed by atoms with E-state index in [1.807, 2.05) is 0 Å². The molecule has 1 aromatic rings. The largest absolute Gasteiger partial charge is 0.306 e. The number of rotatable bonds is 2. The van der Waals surface area contributed by atoms with E-state index < -0.39 is 0 Å². The molecule has 0 aliphatic heterocycles. The van der Waals surface area contributed by atoms with Gasteiger partial charge in [-0.05, 0) is 12.1 Å². The molecule has 0 atom stereocenters. The summed E-state index contributed by atoms with van der Waals surface area (Å²) in [5, 5.41) is 13.9. The lowest BCUT2D eigenvalue weighted by Gasteiger charge is -1.92. The van der Waals surface area contributed by atoms with Crippen LogP contribution >= 0.6 is 0 Å². The molecule has 0 spiro atoms. The van der Waals surface area contributed by atoms with Gasteiger partial charge in [-0.25, -0.2) is 0 Å². The number of nitrogens with one attached hydrogen (secondary N) is 2. The van der Waals surface area contributed by atoms with Crippen LogP contribution < -0.4 is 0 Å². The van der Waals surface area contributed by atoms with E-state index in [2.05, 4.69) is 4.98 Å². The van der Waals surface area contributed by atoms with Crippen molar-refractivity contribution in [3.63, 3.8) is 0 Å². The van der Waals surface area contributed by atoms with Crippen molar-refractivity contribution in [1.29, 1.82) is 10.8 Å². The van der Waals surface area contributed by atoms with Gasteiger partial charge in [0.15, 0.2) is 0 Å². The van der Waals surface area contributed by atoms with E-state index in [0.29, 0.717) is 5.69 Å². The Balaban J connectivity index is 2.95. The summed E-state index contributed by atoms with van der Waals surface area (Å²) in [6.07, 6.45) is 2.58. The summed E-state index contributed by atoms with van der Waals surface area (Å²) >= 11 is 0. The number of hydrogen-bond acceptors (Lipinski definition) is 3. The smallest absolute Gasteiger partial charge is 0.0972 e. The molecule has 50 valence electrons. The Bertz CT molecular complexity index is 240. The molecule has 0 amide bonds. The summed E-state index contributed by atoms with van der Waals surface area (Å²) in [5.41, 5.74) is 0.679. The van der Waals surface area contributed by atoms with Crippen LogP contribution in [0.15, 0.2) is 24.4 Å². The fourth-order valence-electron chi connectivity index (χ4n) is 0.596. The molecule has 0 saturated heterocycles. The summed E-state index contributed by atoms with van der Waals surface area (Å²) in [7, 11) is 0. The summed E-state index contributed by atoms with van der Waals surface area (Å²) < 4.78 is 0. The third-order valence-corrected chi connectivity index (χ3v) is 1.09. The first kappa shape index (κ1) is 6.61. The van der Waals surface area contributed by atoms with E-state index in [-0.39, 0.29) is 5.71 Å². The average Bonchev–Trinajstić information content (AvgIpc) is 2.05. The van der Waals surface area contributed by atoms with E-state index >= 15 is 0 Å². The Labute approximate surface area is 58.8 Å². The molecule has 0 unspecified atom stereocenters. The number of hydrogen-bond donors (Lipinski definition) is 2. The lowest BCUT2D eigenvalue weighted by atomic mass is 10.2. The fraction of sp³-hybridized carbons (Fsp3) is 0. The Kier molecular flexibility index (Phi) is 1.89. The topological polar surface area (TPSA) is 60.6 Å². The maximum atomic E-state index is 7.17. The molecule has 0 aliphatic carbocycles. The Morgan fingerprint density at radius 3 is 2.80 bits per heavy atom. The first-order chi connectivity index (χ1) is 4.84. The van der Waals surface area contributed by atoms with Gasteiger partial charge in [0.2, 0.25) is 0 Å². The summed E-state index contributed by atoms with van der Waals surface area (Å²) in [4.78, 5) is 3.87. The predicted molar refractivity (Wildman–Crippen MR) is 39.8 cm³/mol. The lowest BCUT2D eigenvalue weighted by molar-refractivity contribution is 1.28. The van der Waals surface area contributed by atoms with Crippen molar-refractivity contribution in [1.82, 2.24) is 4.98 Å². The predicted octanol–water partition coefficient (Wildman–Crippen LogP) is 1.10. The molecule has 0 saturated carbocycles. The van der Waals surface area contributed by atoms with Crippen LogP contribution in [-0.4, -0.2) is 16.9 Å². The minimum atomic E-state index is 0.139. The fourth-order valence-corrected chi connectivity index (χ4v) is 0.596. The van der Waals surface area contributed by atoms with Gasteiger partial charge in [0, 0.05) is 12.4 Å². The molecule has 0 fully saturated rings. The molecule has 0 bridgehead atoms. The number of nitrogens with zero attached hydrogens (tertiary/aromatic N) is 1. The SMILES string of the molecule is N=CC(=N)c1ccccn1. The van der Waals surface area contributed by atoms with Crippen molar-refractivity contribution in [3.05, 3.63) is 30.1 Å².